The molecule has 0 aromatic heterocycles. The van der Waals surface area contributed by atoms with Crippen LogP contribution in [0.25, 0.3) is 0 Å². The van der Waals surface area contributed by atoms with E-state index in [0.717, 1.165) is 0 Å². The van der Waals surface area contributed by atoms with E-state index in [1.54, 1.807) is 37.3 Å². The summed E-state index contributed by atoms with van der Waals surface area (Å²) in [6.07, 6.45) is 0.642. The Balaban J connectivity index is 2.90. The number of rotatable bonds is 5. The summed E-state index contributed by atoms with van der Waals surface area (Å²) < 4.78 is 30.8. The molecule has 18 heavy (non-hydrogen) atoms. The second-order valence-corrected chi connectivity index (χ2v) is 3.77. The van der Waals surface area contributed by atoms with Gasteiger partial charge in [0.2, 0.25) is 0 Å². The molecule has 0 amide bonds. The van der Waals surface area contributed by atoms with Gasteiger partial charge in [-0.15, -0.1) is 0 Å². The molecule has 0 aliphatic rings. The average Bonchev–Trinajstić information content (AvgIpc) is 2.28. The van der Waals surface area contributed by atoms with Crippen molar-refractivity contribution in [3.8, 4) is 0 Å². The van der Waals surface area contributed by atoms with Crippen LogP contribution in [0.15, 0.2) is 42.1 Å². The number of ether oxygens (including phenoxy) is 1. The normalized spacial score (nSPS) is 12.1. The van der Waals surface area contributed by atoms with Crippen LogP contribution in [-0.2, 0) is 9.53 Å². The van der Waals surface area contributed by atoms with E-state index in [9.17, 15) is 13.6 Å². The minimum atomic E-state index is -3.68. The van der Waals surface area contributed by atoms with E-state index in [-0.39, 0.29) is 6.61 Å². The largest absolute Gasteiger partial charge is 0.463 e. The Labute approximate surface area is 108 Å². The van der Waals surface area contributed by atoms with Crippen LogP contribution in [0.5, 0.6) is 0 Å². The van der Waals surface area contributed by atoms with Crippen molar-refractivity contribution < 1.29 is 18.3 Å². The lowest BCUT2D eigenvalue weighted by atomic mass is 10.3. The number of carbonyl (C=O) groups is 1. The van der Waals surface area contributed by atoms with Gasteiger partial charge in [-0.25, -0.2) is 4.79 Å². The highest BCUT2D eigenvalue weighted by Crippen LogP contribution is 2.29. The molecule has 1 N–H and O–H groups in total. The molecule has 1 aromatic rings. The van der Waals surface area contributed by atoms with Gasteiger partial charge in [-0.05, 0) is 30.7 Å². The number of benzene rings is 1. The molecule has 0 bridgehead atoms. The summed E-state index contributed by atoms with van der Waals surface area (Å²) in [5.74, 6) is -0.878. The smallest absolute Gasteiger partial charge is 0.362 e. The Bertz CT molecular complexity index is 429. The average molecular weight is 276 g/mol. The van der Waals surface area contributed by atoms with Crippen LogP contribution in [0, 0.1) is 0 Å². The molecule has 1 rings (SSSR count). The van der Waals surface area contributed by atoms with Crippen LogP contribution in [0.4, 0.5) is 14.5 Å². The van der Waals surface area contributed by atoms with E-state index >= 15 is 0 Å². The van der Waals surface area contributed by atoms with E-state index in [1.807, 2.05) is 0 Å². The number of carbonyl (C=O) groups excluding carboxylic acids is 1. The number of hydrogen-bond acceptors (Lipinski definition) is 3. The van der Waals surface area contributed by atoms with Gasteiger partial charge in [0.05, 0.1) is 12.7 Å². The highest BCUT2D eigenvalue weighted by atomic mass is 35.5. The maximum Gasteiger partial charge on any atom is 0.362 e. The van der Waals surface area contributed by atoms with Crippen LogP contribution in [-0.4, -0.2) is 18.0 Å². The molecule has 0 atom stereocenters. The van der Waals surface area contributed by atoms with Crippen LogP contribution < -0.4 is 5.32 Å². The van der Waals surface area contributed by atoms with E-state index in [1.165, 1.54) is 0 Å². The van der Waals surface area contributed by atoms with Crippen molar-refractivity contribution in [2.75, 3.05) is 11.9 Å². The summed E-state index contributed by atoms with van der Waals surface area (Å²) in [5.41, 5.74) is -0.331. The molecule has 1 aromatic carbocycles. The minimum absolute atomic E-state index is 0.0990. The van der Waals surface area contributed by atoms with E-state index in [4.69, 9.17) is 11.6 Å². The number of hydrogen-bond donors (Lipinski definition) is 1. The zero-order valence-electron chi connectivity index (χ0n) is 9.62. The Kier molecular flexibility index (Phi) is 5.09. The van der Waals surface area contributed by atoms with Gasteiger partial charge in [0.25, 0.3) is 0 Å². The molecule has 0 saturated heterocycles. The minimum Gasteiger partial charge on any atom is -0.463 e. The zero-order valence-corrected chi connectivity index (χ0v) is 10.4. The summed E-state index contributed by atoms with van der Waals surface area (Å²) in [5, 5.41) is -1.29. The monoisotopic (exact) mass is 275 g/mol. The third kappa shape index (κ3) is 4.71. The molecular formula is C12H12ClF2NO2. The van der Waals surface area contributed by atoms with Gasteiger partial charge in [-0.2, -0.15) is 8.78 Å². The third-order valence-electron chi connectivity index (χ3n) is 1.91. The van der Waals surface area contributed by atoms with Gasteiger partial charge < -0.3 is 10.1 Å². The van der Waals surface area contributed by atoms with Gasteiger partial charge in [-0.1, -0.05) is 18.2 Å². The van der Waals surface area contributed by atoms with Crippen molar-refractivity contribution in [2.24, 2.45) is 0 Å². The number of para-hydroxylation sites is 1. The molecule has 0 unspecified atom stereocenters. The van der Waals surface area contributed by atoms with Gasteiger partial charge in [0, 0.05) is 5.69 Å². The summed E-state index contributed by atoms with van der Waals surface area (Å²) >= 11 is 4.92. The quantitative estimate of drug-likeness (QED) is 0.509. The van der Waals surface area contributed by atoms with Gasteiger partial charge in [0.15, 0.2) is 0 Å². The van der Waals surface area contributed by atoms with Crippen molar-refractivity contribution in [3.63, 3.8) is 0 Å². The van der Waals surface area contributed by atoms with Gasteiger partial charge in [-0.3, -0.25) is 0 Å². The first-order chi connectivity index (χ1) is 8.43. The SMILES string of the molecule is CCOC(=O)/C=C(/Nc1ccccc1)C(F)(F)Cl. The Morgan fingerprint density at radius 2 is 2.06 bits per heavy atom. The van der Waals surface area contributed by atoms with Gasteiger partial charge in [0.1, 0.15) is 5.70 Å². The second-order valence-electron chi connectivity index (χ2n) is 3.30. The molecular weight excluding hydrogens is 264 g/mol. The van der Waals surface area contributed by atoms with Crippen molar-refractivity contribution in [2.45, 2.75) is 12.3 Å². The van der Waals surface area contributed by atoms with Crippen LogP contribution >= 0.6 is 11.6 Å². The Hall–Kier alpha value is -1.62. The maximum absolute atomic E-state index is 13.1. The molecule has 0 radical (unpaired) electrons. The number of halogens is 3. The first-order valence-electron chi connectivity index (χ1n) is 5.21. The topological polar surface area (TPSA) is 38.3 Å². The zero-order chi connectivity index (χ0) is 13.6. The highest BCUT2D eigenvalue weighted by Gasteiger charge is 2.32. The molecule has 6 heteroatoms. The first kappa shape index (κ1) is 14.4. The van der Waals surface area contributed by atoms with Crippen molar-refractivity contribution >= 4 is 23.3 Å². The number of esters is 1. The first-order valence-corrected chi connectivity index (χ1v) is 5.59. The van der Waals surface area contributed by atoms with Crippen molar-refractivity contribution in [1.29, 1.82) is 0 Å². The number of nitrogens with one attached hydrogen (secondary N) is 1. The van der Waals surface area contributed by atoms with E-state index < -0.39 is 17.0 Å². The molecule has 0 spiro atoms. The van der Waals surface area contributed by atoms with Crippen LogP contribution in [0.2, 0.25) is 0 Å². The number of allylic oxidation sites excluding steroid dienone is 1. The summed E-state index contributed by atoms with van der Waals surface area (Å²) in [6, 6.07) is 8.20. The molecule has 0 saturated carbocycles. The Morgan fingerprint density at radius 3 is 2.56 bits per heavy atom. The lowest BCUT2D eigenvalue weighted by Crippen LogP contribution is -2.20. The highest BCUT2D eigenvalue weighted by molar-refractivity contribution is 6.24. The number of anilines is 1. The Morgan fingerprint density at radius 1 is 1.44 bits per heavy atom. The van der Waals surface area contributed by atoms with Crippen LogP contribution in [0.1, 0.15) is 6.92 Å². The predicted molar refractivity (Wildman–Crippen MR) is 65.6 cm³/mol. The van der Waals surface area contributed by atoms with Crippen LogP contribution in [0.3, 0.4) is 0 Å². The fourth-order valence-electron chi connectivity index (χ4n) is 1.17. The molecule has 0 aliphatic carbocycles. The lowest BCUT2D eigenvalue weighted by molar-refractivity contribution is -0.137. The maximum atomic E-state index is 13.1. The molecule has 3 nitrogen and oxygen atoms in total. The van der Waals surface area contributed by atoms with Crippen molar-refractivity contribution in [3.05, 3.63) is 42.1 Å². The molecule has 0 aliphatic heterocycles. The van der Waals surface area contributed by atoms with E-state index in [0.29, 0.717) is 11.8 Å². The summed E-state index contributed by atoms with van der Waals surface area (Å²) in [7, 11) is 0. The van der Waals surface area contributed by atoms with Crippen molar-refractivity contribution in [1.82, 2.24) is 0 Å². The fraction of sp³-hybridized carbons (Fsp3) is 0.250. The molecule has 0 fully saturated rings. The summed E-state index contributed by atoms with van der Waals surface area (Å²) in [6.45, 7) is 1.68. The fourth-order valence-corrected chi connectivity index (χ4v) is 1.27. The van der Waals surface area contributed by atoms with E-state index in [2.05, 4.69) is 10.1 Å². The number of alkyl halides is 3. The molecule has 98 valence electrons. The second kappa shape index (κ2) is 6.35. The standard InChI is InChI=1S/C12H12ClF2NO2/c1-2-18-11(17)8-10(12(13,14)15)16-9-6-4-3-5-7-9/h3-8,16H,2H2,1H3/b10-8+. The third-order valence-corrected chi connectivity index (χ3v) is 2.11. The predicted octanol–water partition coefficient (Wildman–Crippen LogP) is 3.38. The lowest BCUT2D eigenvalue weighted by Gasteiger charge is -2.15. The molecule has 0 heterocycles. The van der Waals surface area contributed by atoms with Gasteiger partial charge >= 0.3 is 11.4 Å². The summed E-state index contributed by atoms with van der Waals surface area (Å²) in [4.78, 5) is 11.2.